The maximum absolute atomic E-state index is 12.5. The SMILES string of the molecule is C[C@H](O)CN1CCN([C@@H](C)C(=O)NC2CCCCCC2)CC1. The van der Waals surface area contributed by atoms with Gasteiger partial charge in [-0.1, -0.05) is 25.7 Å². The van der Waals surface area contributed by atoms with E-state index in [1.165, 1.54) is 25.7 Å². The Kier molecular flexibility index (Phi) is 7.12. The van der Waals surface area contributed by atoms with Crippen molar-refractivity contribution in [2.45, 2.75) is 70.6 Å². The van der Waals surface area contributed by atoms with E-state index in [4.69, 9.17) is 0 Å². The Morgan fingerprint density at radius 3 is 2.23 bits per heavy atom. The second kappa shape index (κ2) is 8.85. The molecular weight excluding hydrogens is 278 g/mol. The maximum atomic E-state index is 12.5. The summed E-state index contributed by atoms with van der Waals surface area (Å²) in [5.74, 6) is 0.191. The number of piperazine rings is 1. The van der Waals surface area contributed by atoms with E-state index in [9.17, 15) is 9.90 Å². The van der Waals surface area contributed by atoms with E-state index in [1.807, 2.05) is 13.8 Å². The van der Waals surface area contributed by atoms with Crippen molar-refractivity contribution in [3.63, 3.8) is 0 Å². The molecule has 22 heavy (non-hydrogen) atoms. The molecule has 5 nitrogen and oxygen atoms in total. The van der Waals surface area contributed by atoms with Gasteiger partial charge in [0.2, 0.25) is 5.91 Å². The van der Waals surface area contributed by atoms with Crippen molar-refractivity contribution in [1.29, 1.82) is 0 Å². The van der Waals surface area contributed by atoms with Crippen LogP contribution in [0, 0.1) is 0 Å². The number of aliphatic hydroxyl groups is 1. The lowest BCUT2D eigenvalue weighted by atomic mass is 10.1. The lowest BCUT2D eigenvalue weighted by molar-refractivity contribution is -0.127. The van der Waals surface area contributed by atoms with Gasteiger partial charge in [-0.05, 0) is 26.7 Å². The highest BCUT2D eigenvalue weighted by Gasteiger charge is 2.27. The van der Waals surface area contributed by atoms with Gasteiger partial charge in [0.15, 0.2) is 0 Å². The van der Waals surface area contributed by atoms with Crippen LogP contribution < -0.4 is 5.32 Å². The Morgan fingerprint density at radius 1 is 1.09 bits per heavy atom. The first-order valence-corrected chi connectivity index (χ1v) is 9.01. The van der Waals surface area contributed by atoms with Crippen LogP contribution in [0.2, 0.25) is 0 Å². The van der Waals surface area contributed by atoms with Crippen molar-refractivity contribution in [3.05, 3.63) is 0 Å². The summed E-state index contributed by atoms with van der Waals surface area (Å²) in [4.78, 5) is 17.0. The smallest absolute Gasteiger partial charge is 0.237 e. The number of hydrogen-bond acceptors (Lipinski definition) is 4. The third-order valence-electron chi connectivity index (χ3n) is 5.06. The van der Waals surface area contributed by atoms with E-state index in [0.717, 1.165) is 45.6 Å². The highest BCUT2D eigenvalue weighted by atomic mass is 16.3. The summed E-state index contributed by atoms with van der Waals surface area (Å²) in [5.41, 5.74) is 0. The van der Waals surface area contributed by atoms with Crippen LogP contribution in [-0.2, 0) is 4.79 Å². The molecule has 0 spiro atoms. The van der Waals surface area contributed by atoms with E-state index in [0.29, 0.717) is 6.04 Å². The third-order valence-corrected chi connectivity index (χ3v) is 5.06. The third kappa shape index (κ3) is 5.52. The van der Waals surface area contributed by atoms with Gasteiger partial charge >= 0.3 is 0 Å². The van der Waals surface area contributed by atoms with Crippen molar-refractivity contribution >= 4 is 5.91 Å². The van der Waals surface area contributed by atoms with Gasteiger partial charge in [-0.2, -0.15) is 0 Å². The zero-order valence-electron chi connectivity index (χ0n) is 14.3. The van der Waals surface area contributed by atoms with Gasteiger partial charge in [0, 0.05) is 38.8 Å². The molecule has 0 aromatic rings. The average Bonchev–Trinajstić information content (AvgIpc) is 2.75. The van der Waals surface area contributed by atoms with E-state index in [2.05, 4.69) is 15.1 Å². The van der Waals surface area contributed by atoms with Gasteiger partial charge in [0.1, 0.15) is 0 Å². The maximum Gasteiger partial charge on any atom is 0.237 e. The molecule has 2 aliphatic rings. The number of amides is 1. The van der Waals surface area contributed by atoms with Gasteiger partial charge in [0.25, 0.3) is 0 Å². The first-order chi connectivity index (χ1) is 10.6. The second-order valence-electron chi connectivity index (χ2n) is 7.06. The zero-order chi connectivity index (χ0) is 15.9. The van der Waals surface area contributed by atoms with Crippen molar-refractivity contribution in [2.75, 3.05) is 32.7 Å². The van der Waals surface area contributed by atoms with Gasteiger partial charge < -0.3 is 10.4 Å². The summed E-state index contributed by atoms with van der Waals surface area (Å²) < 4.78 is 0. The fourth-order valence-corrected chi connectivity index (χ4v) is 3.62. The van der Waals surface area contributed by atoms with Gasteiger partial charge in [-0.3, -0.25) is 14.6 Å². The highest BCUT2D eigenvalue weighted by Crippen LogP contribution is 2.17. The Morgan fingerprint density at radius 2 is 1.68 bits per heavy atom. The summed E-state index contributed by atoms with van der Waals surface area (Å²) in [6.07, 6.45) is 7.12. The lowest BCUT2D eigenvalue weighted by Crippen LogP contribution is -2.55. The molecule has 0 aromatic heterocycles. The highest BCUT2D eigenvalue weighted by molar-refractivity contribution is 5.81. The molecule has 1 heterocycles. The topological polar surface area (TPSA) is 55.8 Å². The number of rotatable bonds is 5. The van der Waals surface area contributed by atoms with E-state index < -0.39 is 0 Å². The van der Waals surface area contributed by atoms with Crippen LogP contribution in [0.1, 0.15) is 52.4 Å². The summed E-state index contributed by atoms with van der Waals surface area (Å²) in [7, 11) is 0. The minimum Gasteiger partial charge on any atom is -0.392 e. The first kappa shape index (κ1) is 17.7. The predicted octanol–water partition coefficient (Wildman–Crippen LogP) is 1.21. The number of nitrogens with one attached hydrogen (secondary N) is 1. The Bertz CT molecular complexity index is 333. The number of nitrogens with zero attached hydrogens (tertiary/aromatic N) is 2. The number of hydrogen-bond donors (Lipinski definition) is 2. The van der Waals surface area contributed by atoms with Crippen LogP contribution in [0.5, 0.6) is 0 Å². The number of β-amino-alcohol motifs (C(OH)–C–C–N with tert-alkyl or cyclic N) is 1. The number of carbonyl (C=O) groups is 1. The van der Waals surface area contributed by atoms with Crippen LogP contribution in [0.3, 0.4) is 0 Å². The van der Waals surface area contributed by atoms with Gasteiger partial charge in [0.05, 0.1) is 12.1 Å². The first-order valence-electron chi connectivity index (χ1n) is 9.01. The molecule has 2 atom stereocenters. The molecule has 2 N–H and O–H groups in total. The second-order valence-corrected chi connectivity index (χ2v) is 7.06. The minimum absolute atomic E-state index is 0.0445. The Hall–Kier alpha value is -0.650. The van der Waals surface area contributed by atoms with Crippen LogP contribution in [0.4, 0.5) is 0 Å². The standard InChI is InChI=1S/C17H33N3O2/c1-14(21)13-19-9-11-20(12-10-19)15(2)17(22)18-16-7-5-3-4-6-8-16/h14-16,21H,3-13H2,1-2H3,(H,18,22)/t14-,15-/m0/s1. The number of aliphatic hydroxyl groups excluding tert-OH is 1. The van der Waals surface area contributed by atoms with Crippen molar-refractivity contribution in [2.24, 2.45) is 0 Å². The molecule has 2 rings (SSSR count). The minimum atomic E-state index is -0.275. The molecule has 5 heteroatoms. The molecule has 1 saturated carbocycles. The largest absolute Gasteiger partial charge is 0.392 e. The van der Waals surface area contributed by atoms with Crippen LogP contribution in [0.15, 0.2) is 0 Å². The quantitative estimate of drug-likeness (QED) is 0.750. The summed E-state index contributed by atoms with van der Waals surface area (Å²) >= 11 is 0. The molecule has 1 aliphatic carbocycles. The molecule has 2 fully saturated rings. The summed E-state index contributed by atoms with van der Waals surface area (Å²) in [5, 5.41) is 12.7. The van der Waals surface area contributed by atoms with Crippen LogP contribution in [0.25, 0.3) is 0 Å². The molecular formula is C17H33N3O2. The summed E-state index contributed by atoms with van der Waals surface area (Å²) in [6.45, 7) is 8.28. The molecule has 1 aliphatic heterocycles. The molecule has 1 amide bonds. The van der Waals surface area contributed by atoms with Crippen molar-refractivity contribution in [1.82, 2.24) is 15.1 Å². The lowest BCUT2D eigenvalue weighted by Gasteiger charge is -2.38. The molecule has 0 bridgehead atoms. The van der Waals surface area contributed by atoms with Crippen LogP contribution >= 0.6 is 0 Å². The van der Waals surface area contributed by atoms with Crippen molar-refractivity contribution < 1.29 is 9.90 Å². The van der Waals surface area contributed by atoms with E-state index >= 15 is 0 Å². The van der Waals surface area contributed by atoms with Gasteiger partial charge in [-0.25, -0.2) is 0 Å². The average molecular weight is 311 g/mol. The molecule has 0 aromatic carbocycles. The Balaban J connectivity index is 1.74. The van der Waals surface area contributed by atoms with Gasteiger partial charge in [-0.15, -0.1) is 0 Å². The predicted molar refractivity (Wildman–Crippen MR) is 88.8 cm³/mol. The van der Waals surface area contributed by atoms with Crippen molar-refractivity contribution in [3.8, 4) is 0 Å². The molecule has 128 valence electrons. The molecule has 0 unspecified atom stereocenters. The Labute approximate surface area is 135 Å². The van der Waals surface area contributed by atoms with Crippen LogP contribution in [-0.4, -0.2) is 71.7 Å². The normalized spacial score (nSPS) is 25.4. The number of carbonyl (C=O) groups excluding carboxylic acids is 1. The fourth-order valence-electron chi connectivity index (χ4n) is 3.62. The molecule has 0 radical (unpaired) electrons. The molecule has 1 saturated heterocycles. The zero-order valence-corrected chi connectivity index (χ0v) is 14.3. The summed E-state index contributed by atoms with van der Waals surface area (Å²) in [6, 6.07) is 0.339. The van der Waals surface area contributed by atoms with E-state index in [1.54, 1.807) is 0 Å². The monoisotopic (exact) mass is 311 g/mol. The fraction of sp³-hybridized carbons (Fsp3) is 0.941. The van der Waals surface area contributed by atoms with E-state index in [-0.39, 0.29) is 18.1 Å².